The molecule has 3 heterocycles. The largest absolute Gasteiger partial charge is 0.379 e. The predicted molar refractivity (Wildman–Crippen MR) is 79.0 cm³/mol. The summed E-state index contributed by atoms with van der Waals surface area (Å²) in [6.45, 7) is 6.39. The Bertz CT molecular complexity index is 365. The molecule has 6 nitrogen and oxygen atoms in total. The van der Waals surface area contributed by atoms with Crippen LogP contribution in [0.3, 0.4) is 0 Å². The first-order chi connectivity index (χ1) is 10.2. The summed E-state index contributed by atoms with van der Waals surface area (Å²) in [6.07, 6.45) is 4.38. The summed E-state index contributed by atoms with van der Waals surface area (Å²) in [6, 6.07) is 0. The van der Waals surface area contributed by atoms with Gasteiger partial charge in [0.15, 0.2) is 0 Å². The van der Waals surface area contributed by atoms with Crippen molar-refractivity contribution in [3.8, 4) is 0 Å². The average molecular weight is 297 g/mol. The van der Waals surface area contributed by atoms with E-state index in [-0.39, 0.29) is 5.91 Å². The molecule has 120 valence electrons. The van der Waals surface area contributed by atoms with Crippen molar-refractivity contribution < 1.29 is 14.3 Å². The zero-order valence-corrected chi connectivity index (χ0v) is 12.8. The smallest absolute Gasteiger partial charge is 0.245 e. The molecule has 0 aromatic rings. The SMILES string of the molecule is NC1(C(=O)N2CCCN(CC3CCCO3)CC2)CCOC1. The van der Waals surface area contributed by atoms with E-state index in [4.69, 9.17) is 15.2 Å². The molecular weight excluding hydrogens is 270 g/mol. The number of rotatable bonds is 3. The molecule has 3 fully saturated rings. The van der Waals surface area contributed by atoms with Gasteiger partial charge in [0.2, 0.25) is 5.91 Å². The lowest BCUT2D eigenvalue weighted by molar-refractivity contribution is -0.136. The number of amides is 1. The highest BCUT2D eigenvalue weighted by molar-refractivity contribution is 5.86. The van der Waals surface area contributed by atoms with Crippen molar-refractivity contribution in [2.75, 3.05) is 52.5 Å². The Morgan fingerprint density at radius 2 is 2.10 bits per heavy atom. The van der Waals surface area contributed by atoms with Gasteiger partial charge in [-0.2, -0.15) is 0 Å². The number of hydrogen-bond acceptors (Lipinski definition) is 5. The van der Waals surface area contributed by atoms with Crippen molar-refractivity contribution in [1.82, 2.24) is 9.80 Å². The Kier molecular flexibility index (Phi) is 4.78. The molecule has 0 radical (unpaired) electrons. The molecule has 2 N–H and O–H groups in total. The van der Waals surface area contributed by atoms with E-state index in [1.807, 2.05) is 4.90 Å². The van der Waals surface area contributed by atoms with Gasteiger partial charge in [-0.1, -0.05) is 0 Å². The molecule has 0 bridgehead atoms. The van der Waals surface area contributed by atoms with Crippen LogP contribution in [0.1, 0.15) is 25.7 Å². The van der Waals surface area contributed by atoms with Gasteiger partial charge in [0, 0.05) is 39.4 Å². The first-order valence-corrected chi connectivity index (χ1v) is 8.17. The highest BCUT2D eigenvalue weighted by Gasteiger charge is 2.41. The monoisotopic (exact) mass is 297 g/mol. The summed E-state index contributed by atoms with van der Waals surface area (Å²) in [4.78, 5) is 17.0. The molecule has 0 saturated carbocycles. The second-order valence-electron chi connectivity index (χ2n) is 6.54. The number of ether oxygens (including phenoxy) is 2. The fourth-order valence-electron chi connectivity index (χ4n) is 3.50. The van der Waals surface area contributed by atoms with E-state index in [0.29, 0.717) is 25.7 Å². The van der Waals surface area contributed by atoms with E-state index in [1.165, 1.54) is 12.8 Å². The Morgan fingerprint density at radius 1 is 1.19 bits per heavy atom. The molecule has 1 amide bonds. The quantitative estimate of drug-likeness (QED) is 0.782. The lowest BCUT2D eigenvalue weighted by Gasteiger charge is -2.30. The number of carbonyl (C=O) groups excluding carboxylic acids is 1. The van der Waals surface area contributed by atoms with Gasteiger partial charge in [-0.25, -0.2) is 0 Å². The van der Waals surface area contributed by atoms with Crippen molar-refractivity contribution in [2.45, 2.75) is 37.3 Å². The van der Waals surface area contributed by atoms with Crippen LogP contribution >= 0.6 is 0 Å². The Labute approximate surface area is 126 Å². The third-order valence-electron chi connectivity index (χ3n) is 4.84. The minimum atomic E-state index is -0.788. The van der Waals surface area contributed by atoms with Gasteiger partial charge < -0.3 is 20.1 Å². The van der Waals surface area contributed by atoms with Crippen molar-refractivity contribution in [3.63, 3.8) is 0 Å². The van der Waals surface area contributed by atoms with E-state index in [2.05, 4.69) is 4.90 Å². The van der Waals surface area contributed by atoms with Crippen LogP contribution in [0.15, 0.2) is 0 Å². The molecular formula is C15H27N3O3. The van der Waals surface area contributed by atoms with Crippen LogP contribution in [0.25, 0.3) is 0 Å². The second-order valence-corrected chi connectivity index (χ2v) is 6.54. The minimum absolute atomic E-state index is 0.0685. The van der Waals surface area contributed by atoms with Gasteiger partial charge >= 0.3 is 0 Å². The molecule has 0 aliphatic carbocycles. The third-order valence-corrected chi connectivity index (χ3v) is 4.84. The Morgan fingerprint density at radius 3 is 2.81 bits per heavy atom. The van der Waals surface area contributed by atoms with Gasteiger partial charge in [-0.05, 0) is 32.2 Å². The van der Waals surface area contributed by atoms with Crippen LogP contribution in [-0.4, -0.2) is 79.9 Å². The third kappa shape index (κ3) is 3.56. The van der Waals surface area contributed by atoms with Gasteiger partial charge in [-0.15, -0.1) is 0 Å². The number of nitrogens with zero attached hydrogens (tertiary/aromatic N) is 2. The van der Waals surface area contributed by atoms with E-state index in [9.17, 15) is 4.79 Å². The number of nitrogens with two attached hydrogens (primary N) is 1. The molecule has 0 aromatic carbocycles. The van der Waals surface area contributed by atoms with Gasteiger partial charge in [0.25, 0.3) is 0 Å². The topological polar surface area (TPSA) is 68.0 Å². The molecule has 0 aromatic heterocycles. The summed E-state index contributed by atoms with van der Waals surface area (Å²) < 4.78 is 11.0. The van der Waals surface area contributed by atoms with Crippen LogP contribution in [0.5, 0.6) is 0 Å². The molecule has 2 atom stereocenters. The van der Waals surface area contributed by atoms with Gasteiger partial charge in [-0.3, -0.25) is 9.69 Å². The van der Waals surface area contributed by atoms with Crippen molar-refractivity contribution in [2.24, 2.45) is 5.73 Å². The van der Waals surface area contributed by atoms with E-state index in [1.54, 1.807) is 0 Å². The van der Waals surface area contributed by atoms with E-state index < -0.39 is 5.54 Å². The lowest BCUT2D eigenvalue weighted by atomic mass is 9.98. The van der Waals surface area contributed by atoms with Gasteiger partial charge in [0.1, 0.15) is 5.54 Å². The molecule has 0 spiro atoms. The maximum Gasteiger partial charge on any atom is 0.245 e. The van der Waals surface area contributed by atoms with Crippen molar-refractivity contribution >= 4 is 5.91 Å². The molecule has 3 rings (SSSR count). The van der Waals surface area contributed by atoms with Crippen molar-refractivity contribution in [1.29, 1.82) is 0 Å². The zero-order chi connectivity index (χ0) is 14.7. The number of hydrogen-bond donors (Lipinski definition) is 1. The molecule has 3 aliphatic rings. The van der Waals surface area contributed by atoms with E-state index in [0.717, 1.165) is 45.8 Å². The first-order valence-electron chi connectivity index (χ1n) is 8.17. The fourth-order valence-corrected chi connectivity index (χ4v) is 3.50. The van der Waals surface area contributed by atoms with E-state index >= 15 is 0 Å². The average Bonchev–Trinajstić information content (AvgIpc) is 3.08. The number of carbonyl (C=O) groups is 1. The Balaban J connectivity index is 1.51. The molecule has 6 heteroatoms. The maximum atomic E-state index is 12.6. The zero-order valence-electron chi connectivity index (χ0n) is 12.8. The molecule has 2 unspecified atom stereocenters. The standard InChI is InChI=1S/C15H27N3O3/c16-15(4-10-20-12-15)14(19)18-6-2-5-17(7-8-18)11-13-3-1-9-21-13/h13H,1-12,16H2. The van der Waals surface area contributed by atoms with Crippen LogP contribution in [0.4, 0.5) is 0 Å². The minimum Gasteiger partial charge on any atom is -0.379 e. The normalized spacial score (nSPS) is 35.1. The fraction of sp³-hybridized carbons (Fsp3) is 0.933. The van der Waals surface area contributed by atoms with Crippen LogP contribution in [0.2, 0.25) is 0 Å². The molecule has 3 saturated heterocycles. The van der Waals surface area contributed by atoms with Gasteiger partial charge in [0.05, 0.1) is 12.7 Å². The summed E-state index contributed by atoms with van der Waals surface area (Å²) in [5.41, 5.74) is 5.41. The highest BCUT2D eigenvalue weighted by Crippen LogP contribution is 2.20. The summed E-state index contributed by atoms with van der Waals surface area (Å²) in [5.74, 6) is 0.0685. The summed E-state index contributed by atoms with van der Waals surface area (Å²) in [5, 5.41) is 0. The maximum absolute atomic E-state index is 12.6. The highest BCUT2D eigenvalue weighted by atomic mass is 16.5. The second kappa shape index (κ2) is 6.60. The first kappa shape index (κ1) is 15.2. The van der Waals surface area contributed by atoms with Crippen molar-refractivity contribution in [3.05, 3.63) is 0 Å². The van der Waals surface area contributed by atoms with Crippen LogP contribution in [0, 0.1) is 0 Å². The summed E-state index contributed by atoms with van der Waals surface area (Å²) >= 11 is 0. The van der Waals surface area contributed by atoms with Crippen LogP contribution in [-0.2, 0) is 14.3 Å². The Hall–Kier alpha value is -0.690. The van der Waals surface area contributed by atoms with Crippen LogP contribution < -0.4 is 5.73 Å². The predicted octanol–water partition coefficient (Wildman–Crippen LogP) is -0.182. The lowest BCUT2D eigenvalue weighted by Crippen LogP contribution is -2.56. The summed E-state index contributed by atoms with van der Waals surface area (Å²) in [7, 11) is 0. The molecule has 3 aliphatic heterocycles. The molecule has 21 heavy (non-hydrogen) atoms.